The van der Waals surface area contributed by atoms with Crippen LogP contribution in [0.5, 0.6) is 5.75 Å². The highest BCUT2D eigenvalue weighted by Crippen LogP contribution is 2.23. The standard InChI is InChI=1S/C19H17N3O2/c1-24-15-6-4-5-13(11-15)17-10-9-14(12-21-17)19(23)22-18-8-3-2-7-16(18)20/h2-12H,20H2,1H3,(H,22,23). The maximum absolute atomic E-state index is 12.3. The number of hydrogen-bond acceptors (Lipinski definition) is 4. The number of ether oxygens (including phenoxy) is 1. The van der Waals surface area contributed by atoms with Crippen LogP contribution in [0.3, 0.4) is 0 Å². The number of methoxy groups -OCH3 is 1. The number of amides is 1. The molecule has 0 saturated carbocycles. The molecule has 0 unspecified atom stereocenters. The first-order valence-corrected chi connectivity index (χ1v) is 7.44. The van der Waals surface area contributed by atoms with Crippen molar-refractivity contribution in [1.82, 2.24) is 4.98 Å². The molecule has 1 amide bonds. The molecule has 0 aliphatic carbocycles. The Bertz CT molecular complexity index is 860. The zero-order chi connectivity index (χ0) is 16.9. The smallest absolute Gasteiger partial charge is 0.257 e. The van der Waals surface area contributed by atoms with Gasteiger partial charge >= 0.3 is 0 Å². The maximum Gasteiger partial charge on any atom is 0.257 e. The summed E-state index contributed by atoms with van der Waals surface area (Å²) in [6.45, 7) is 0. The molecule has 120 valence electrons. The van der Waals surface area contributed by atoms with Crippen molar-refractivity contribution in [2.24, 2.45) is 0 Å². The van der Waals surface area contributed by atoms with Crippen LogP contribution in [0.1, 0.15) is 10.4 Å². The molecule has 0 radical (unpaired) electrons. The number of carbonyl (C=O) groups is 1. The Labute approximate surface area is 140 Å². The third-order valence-corrected chi connectivity index (χ3v) is 3.60. The number of pyridine rings is 1. The summed E-state index contributed by atoms with van der Waals surface area (Å²) in [5, 5.41) is 2.78. The highest BCUT2D eigenvalue weighted by Gasteiger charge is 2.09. The summed E-state index contributed by atoms with van der Waals surface area (Å²) in [4.78, 5) is 16.6. The van der Waals surface area contributed by atoms with Gasteiger partial charge in [-0.1, -0.05) is 24.3 Å². The molecular formula is C19H17N3O2. The van der Waals surface area contributed by atoms with Gasteiger partial charge in [-0.3, -0.25) is 9.78 Å². The first-order valence-electron chi connectivity index (χ1n) is 7.44. The fraction of sp³-hybridized carbons (Fsp3) is 0.0526. The Morgan fingerprint density at radius 1 is 1.08 bits per heavy atom. The Morgan fingerprint density at radius 2 is 1.92 bits per heavy atom. The molecule has 3 aromatic rings. The van der Waals surface area contributed by atoms with E-state index in [0.29, 0.717) is 16.9 Å². The SMILES string of the molecule is COc1cccc(-c2ccc(C(=O)Nc3ccccc3N)cn2)c1. The van der Waals surface area contributed by atoms with Crippen molar-refractivity contribution < 1.29 is 9.53 Å². The molecule has 0 atom stereocenters. The quantitative estimate of drug-likeness (QED) is 0.720. The molecule has 1 heterocycles. The molecule has 0 aliphatic heterocycles. The summed E-state index contributed by atoms with van der Waals surface area (Å²) in [5.74, 6) is 0.508. The second-order valence-electron chi connectivity index (χ2n) is 5.21. The molecule has 2 aromatic carbocycles. The van der Waals surface area contributed by atoms with Crippen LogP contribution in [0.15, 0.2) is 66.9 Å². The average Bonchev–Trinajstić information content (AvgIpc) is 2.64. The number of anilines is 2. The molecule has 24 heavy (non-hydrogen) atoms. The highest BCUT2D eigenvalue weighted by atomic mass is 16.5. The van der Waals surface area contributed by atoms with Crippen molar-refractivity contribution in [3.05, 3.63) is 72.4 Å². The van der Waals surface area contributed by atoms with Gasteiger partial charge in [0.25, 0.3) is 5.91 Å². The first-order chi connectivity index (χ1) is 11.7. The van der Waals surface area contributed by atoms with E-state index in [1.165, 1.54) is 0 Å². The van der Waals surface area contributed by atoms with Gasteiger partial charge in [-0.2, -0.15) is 0 Å². The Balaban J connectivity index is 1.79. The number of aromatic nitrogens is 1. The van der Waals surface area contributed by atoms with E-state index in [1.54, 1.807) is 37.6 Å². The lowest BCUT2D eigenvalue weighted by molar-refractivity contribution is 0.102. The Kier molecular flexibility index (Phi) is 4.43. The molecule has 5 nitrogen and oxygen atoms in total. The summed E-state index contributed by atoms with van der Waals surface area (Å²) < 4.78 is 5.21. The predicted molar refractivity (Wildman–Crippen MR) is 95.0 cm³/mol. The van der Waals surface area contributed by atoms with Gasteiger partial charge in [0, 0.05) is 11.8 Å². The number of nitrogens with one attached hydrogen (secondary N) is 1. The fourth-order valence-electron chi connectivity index (χ4n) is 2.29. The Morgan fingerprint density at radius 3 is 2.62 bits per heavy atom. The summed E-state index contributed by atoms with van der Waals surface area (Å²) >= 11 is 0. The molecule has 0 aliphatic rings. The van der Waals surface area contributed by atoms with Crippen LogP contribution in [0.2, 0.25) is 0 Å². The van der Waals surface area contributed by atoms with Gasteiger partial charge < -0.3 is 15.8 Å². The number of nitrogens with zero attached hydrogens (tertiary/aromatic N) is 1. The zero-order valence-corrected chi connectivity index (χ0v) is 13.2. The van der Waals surface area contributed by atoms with E-state index >= 15 is 0 Å². The number of benzene rings is 2. The van der Waals surface area contributed by atoms with E-state index in [0.717, 1.165) is 17.0 Å². The predicted octanol–water partition coefficient (Wildman–Crippen LogP) is 3.59. The van der Waals surface area contributed by atoms with Crippen molar-refractivity contribution in [1.29, 1.82) is 0 Å². The number of nitrogens with two attached hydrogens (primary N) is 1. The van der Waals surface area contributed by atoms with Crippen LogP contribution in [-0.4, -0.2) is 18.0 Å². The van der Waals surface area contributed by atoms with Crippen LogP contribution < -0.4 is 15.8 Å². The first kappa shape index (κ1) is 15.6. The largest absolute Gasteiger partial charge is 0.497 e. The van der Waals surface area contributed by atoms with E-state index in [4.69, 9.17) is 10.5 Å². The van der Waals surface area contributed by atoms with E-state index in [1.807, 2.05) is 36.4 Å². The number of rotatable bonds is 4. The van der Waals surface area contributed by atoms with Crippen LogP contribution in [0, 0.1) is 0 Å². The van der Waals surface area contributed by atoms with Crippen molar-refractivity contribution in [2.75, 3.05) is 18.2 Å². The summed E-state index contributed by atoms with van der Waals surface area (Å²) in [5.41, 5.74) is 9.09. The maximum atomic E-state index is 12.3. The van der Waals surface area contributed by atoms with Gasteiger partial charge in [-0.05, 0) is 36.4 Å². The molecule has 3 N–H and O–H groups in total. The number of hydrogen-bond donors (Lipinski definition) is 2. The zero-order valence-electron chi connectivity index (χ0n) is 13.2. The third-order valence-electron chi connectivity index (χ3n) is 3.60. The lowest BCUT2D eigenvalue weighted by Crippen LogP contribution is -2.13. The van der Waals surface area contributed by atoms with Crippen molar-refractivity contribution in [3.63, 3.8) is 0 Å². The van der Waals surface area contributed by atoms with E-state index in [-0.39, 0.29) is 5.91 Å². The monoisotopic (exact) mass is 319 g/mol. The molecule has 1 aromatic heterocycles. The van der Waals surface area contributed by atoms with Gasteiger partial charge in [0.15, 0.2) is 0 Å². The second-order valence-corrected chi connectivity index (χ2v) is 5.21. The van der Waals surface area contributed by atoms with Gasteiger partial charge in [0.1, 0.15) is 5.75 Å². The summed E-state index contributed by atoms with van der Waals surface area (Å²) in [6, 6.07) is 18.3. The lowest BCUT2D eigenvalue weighted by atomic mass is 10.1. The molecule has 0 spiro atoms. The molecular weight excluding hydrogens is 302 g/mol. The highest BCUT2D eigenvalue weighted by molar-refractivity contribution is 6.05. The minimum Gasteiger partial charge on any atom is -0.497 e. The van der Waals surface area contributed by atoms with E-state index in [2.05, 4.69) is 10.3 Å². The molecule has 3 rings (SSSR count). The van der Waals surface area contributed by atoms with Gasteiger partial charge in [-0.15, -0.1) is 0 Å². The van der Waals surface area contributed by atoms with Crippen LogP contribution in [-0.2, 0) is 0 Å². The number of carbonyl (C=O) groups excluding carboxylic acids is 1. The normalized spacial score (nSPS) is 10.2. The van der Waals surface area contributed by atoms with Gasteiger partial charge in [0.05, 0.1) is 29.7 Å². The average molecular weight is 319 g/mol. The van der Waals surface area contributed by atoms with Crippen LogP contribution >= 0.6 is 0 Å². The van der Waals surface area contributed by atoms with E-state index < -0.39 is 0 Å². The van der Waals surface area contributed by atoms with E-state index in [9.17, 15) is 4.79 Å². The number of para-hydroxylation sites is 2. The second kappa shape index (κ2) is 6.83. The molecule has 0 bridgehead atoms. The third kappa shape index (κ3) is 3.35. The fourth-order valence-corrected chi connectivity index (χ4v) is 2.29. The molecule has 0 saturated heterocycles. The van der Waals surface area contributed by atoms with Crippen LogP contribution in [0.4, 0.5) is 11.4 Å². The van der Waals surface area contributed by atoms with Crippen molar-refractivity contribution in [2.45, 2.75) is 0 Å². The topological polar surface area (TPSA) is 77.2 Å². The van der Waals surface area contributed by atoms with Gasteiger partial charge in [0.2, 0.25) is 0 Å². The molecule has 0 fully saturated rings. The van der Waals surface area contributed by atoms with Crippen LogP contribution in [0.25, 0.3) is 11.3 Å². The van der Waals surface area contributed by atoms with Crippen molar-refractivity contribution in [3.8, 4) is 17.0 Å². The molecule has 5 heteroatoms. The van der Waals surface area contributed by atoms with Gasteiger partial charge in [-0.25, -0.2) is 0 Å². The number of nitrogen functional groups attached to an aromatic ring is 1. The minimum absolute atomic E-state index is 0.252. The summed E-state index contributed by atoms with van der Waals surface area (Å²) in [6.07, 6.45) is 1.54. The minimum atomic E-state index is -0.252. The summed E-state index contributed by atoms with van der Waals surface area (Å²) in [7, 11) is 1.62. The Hall–Kier alpha value is -3.34. The van der Waals surface area contributed by atoms with Crippen molar-refractivity contribution >= 4 is 17.3 Å². The lowest BCUT2D eigenvalue weighted by Gasteiger charge is -2.08.